The van der Waals surface area contributed by atoms with Crippen LogP contribution in [0.15, 0.2) is 16.6 Å². The minimum Gasteiger partial charge on any atom is -0.478 e. The van der Waals surface area contributed by atoms with Gasteiger partial charge in [-0.1, -0.05) is 0 Å². The third kappa shape index (κ3) is 4.82. The van der Waals surface area contributed by atoms with Crippen LogP contribution in [-0.2, 0) is 0 Å². The van der Waals surface area contributed by atoms with Crippen LogP contribution in [-0.4, -0.2) is 24.4 Å². The number of nitrogens with two attached hydrogens (primary N) is 1. The first-order valence-corrected chi connectivity index (χ1v) is 5.27. The summed E-state index contributed by atoms with van der Waals surface area (Å²) in [5.74, 6) is -1.63. The average Bonchev–Trinajstić information content (AvgIpc) is 2.25. The highest BCUT2D eigenvalue weighted by molar-refractivity contribution is 9.10. The van der Waals surface area contributed by atoms with Gasteiger partial charge in [-0.3, -0.25) is 4.39 Å². The van der Waals surface area contributed by atoms with Crippen molar-refractivity contribution < 1.29 is 27.8 Å². The van der Waals surface area contributed by atoms with Gasteiger partial charge in [-0.05, 0) is 28.1 Å². The van der Waals surface area contributed by atoms with E-state index in [0.29, 0.717) is 14.1 Å². The van der Waals surface area contributed by atoms with Crippen LogP contribution in [0, 0.1) is 0 Å². The Bertz CT molecular complexity index is 435. The Balaban J connectivity index is 0.00000137. The molecule has 4 nitrogen and oxygen atoms in total. The summed E-state index contributed by atoms with van der Waals surface area (Å²) in [6, 6.07) is 2.15. The van der Waals surface area contributed by atoms with Crippen molar-refractivity contribution in [2.45, 2.75) is 13.0 Å². The predicted molar refractivity (Wildman–Crippen MR) is 63.8 cm³/mol. The highest BCUT2D eigenvalue weighted by Crippen LogP contribution is 2.34. The summed E-state index contributed by atoms with van der Waals surface area (Å²) < 4.78 is 39.2. The number of benzene rings is 1. The SMILES string of the molecule is CC(F)(F)Oc1cc(C(=O)O)cc(Br)c1N.CF. The molecule has 1 aromatic carbocycles. The van der Waals surface area contributed by atoms with E-state index in [4.69, 9.17) is 10.8 Å². The lowest BCUT2D eigenvalue weighted by Gasteiger charge is -2.15. The van der Waals surface area contributed by atoms with Crippen LogP contribution in [0.3, 0.4) is 0 Å². The van der Waals surface area contributed by atoms with Crippen LogP contribution >= 0.6 is 15.9 Å². The zero-order valence-electron chi connectivity index (χ0n) is 9.51. The van der Waals surface area contributed by atoms with E-state index in [9.17, 15) is 18.0 Å². The molecule has 8 heteroatoms. The Morgan fingerprint density at radius 2 is 1.94 bits per heavy atom. The minimum absolute atomic E-state index is 0.0773. The molecule has 0 aromatic heterocycles. The Morgan fingerprint density at radius 1 is 1.44 bits per heavy atom. The van der Waals surface area contributed by atoms with Crippen molar-refractivity contribution in [3.8, 4) is 5.75 Å². The number of ether oxygens (including phenoxy) is 1. The topological polar surface area (TPSA) is 72.5 Å². The van der Waals surface area contributed by atoms with Gasteiger partial charge in [-0.15, -0.1) is 0 Å². The summed E-state index contributed by atoms with van der Waals surface area (Å²) in [6.07, 6.45) is -3.43. The molecule has 0 amide bonds. The van der Waals surface area contributed by atoms with Crippen molar-refractivity contribution in [3.63, 3.8) is 0 Å². The van der Waals surface area contributed by atoms with Gasteiger partial charge in [0.25, 0.3) is 0 Å². The van der Waals surface area contributed by atoms with Crippen LogP contribution in [0.4, 0.5) is 18.9 Å². The Morgan fingerprint density at radius 3 is 2.33 bits per heavy atom. The number of hydrogen-bond acceptors (Lipinski definition) is 3. The maximum absolute atomic E-state index is 12.6. The molecule has 102 valence electrons. The average molecular weight is 330 g/mol. The standard InChI is InChI=1S/C9H8BrF2NO3.CH3F/c1-9(11,12)16-6-3-4(8(14)15)2-5(10)7(6)13;1-2/h2-3H,13H2,1H3,(H,14,15);1H3. The van der Waals surface area contributed by atoms with Crippen molar-refractivity contribution in [3.05, 3.63) is 22.2 Å². The fraction of sp³-hybridized carbons (Fsp3) is 0.300. The fourth-order valence-corrected chi connectivity index (χ4v) is 1.44. The van der Waals surface area contributed by atoms with Crippen LogP contribution in [0.5, 0.6) is 5.75 Å². The second kappa shape index (κ2) is 6.48. The Labute approximate surface area is 110 Å². The quantitative estimate of drug-likeness (QED) is 0.834. The van der Waals surface area contributed by atoms with Crippen molar-refractivity contribution >= 4 is 27.6 Å². The first-order chi connectivity index (χ1) is 8.20. The summed E-state index contributed by atoms with van der Waals surface area (Å²) in [6.45, 7) is 0.536. The van der Waals surface area contributed by atoms with Gasteiger partial charge in [0.05, 0.1) is 18.4 Å². The molecule has 0 heterocycles. The van der Waals surface area contributed by atoms with Crippen LogP contribution in [0.2, 0.25) is 0 Å². The fourth-order valence-electron chi connectivity index (χ4n) is 0.994. The second-order valence-electron chi connectivity index (χ2n) is 3.08. The normalized spacial score (nSPS) is 10.3. The third-order valence-corrected chi connectivity index (χ3v) is 2.28. The number of rotatable bonds is 3. The van der Waals surface area contributed by atoms with Gasteiger partial charge < -0.3 is 15.6 Å². The highest BCUT2D eigenvalue weighted by Gasteiger charge is 2.25. The van der Waals surface area contributed by atoms with E-state index in [-0.39, 0.29) is 21.5 Å². The lowest BCUT2D eigenvalue weighted by atomic mass is 10.2. The number of anilines is 1. The molecule has 0 radical (unpaired) electrons. The van der Waals surface area contributed by atoms with Crippen LogP contribution in [0.1, 0.15) is 17.3 Å². The second-order valence-corrected chi connectivity index (χ2v) is 3.94. The molecule has 0 aliphatic rings. The molecule has 0 fully saturated rings. The van der Waals surface area contributed by atoms with Gasteiger partial charge in [0.15, 0.2) is 5.75 Å². The molecular formula is C10H11BrF3NO3. The zero-order chi connectivity index (χ0) is 14.5. The largest absolute Gasteiger partial charge is 0.478 e. The molecule has 0 saturated heterocycles. The van der Waals surface area contributed by atoms with E-state index in [1.54, 1.807) is 0 Å². The Hall–Kier alpha value is -1.44. The summed E-state index contributed by atoms with van der Waals surface area (Å²) in [4.78, 5) is 10.7. The van der Waals surface area contributed by atoms with E-state index < -0.39 is 12.1 Å². The highest BCUT2D eigenvalue weighted by atomic mass is 79.9. The molecule has 1 rings (SSSR count). The molecule has 0 unspecified atom stereocenters. The van der Waals surface area contributed by atoms with E-state index in [0.717, 1.165) is 6.07 Å². The number of hydrogen-bond donors (Lipinski definition) is 2. The van der Waals surface area contributed by atoms with Crippen molar-refractivity contribution in [1.82, 2.24) is 0 Å². The number of carboxylic acid groups (broad SMARTS) is 1. The van der Waals surface area contributed by atoms with Gasteiger partial charge >= 0.3 is 12.1 Å². The Kier molecular flexibility index (Phi) is 5.96. The third-order valence-electron chi connectivity index (χ3n) is 1.63. The molecular weight excluding hydrogens is 319 g/mol. The van der Waals surface area contributed by atoms with E-state index in [2.05, 4.69) is 20.7 Å². The van der Waals surface area contributed by atoms with Crippen LogP contribution < -0.4 is 10.5 Å². The minimum atomic E-state index is -3.43. The van der Waals surface area contributed by atoms with Gasteiger partial charge in [-0.25, -0.2) is 4.79 Å². The van der Waals surface area contributed by atoms with Gasteiger partial charge in [0.1, 0.15) is 0 Å². The lowest BCUT2D eigenvalue weighted by Crippen LogP contribution is -2.20. The van der Waals surface area contributed by atoms with Crippen molar-refractivity contribution in [1.29, 1.82) is 0 Å². The maximum atomic E-state index is 12.6. The number of carboxylic acids is 1. The smallest absolute Gasteiger partial charge is 0.394 e. The summed E-state index contributed by atoms with van der Waals surface area (Å²) in [7, 11) is 0.500. The summed E-state index contributed by atoms with van der Waals surface area (Å²) >= 11 is 2.96. The van der Waals surface area contributed by atoms with E-state index in [1.807, 2.05) is 0 Å². The van der Waals surface area contributed by atoms with Gasteiger partial charge in [-0.2, -0.15) is 8.78 Å². The first-order valence-electron chi connectivity index (χ1n) is 4.47. The van der Waals surface area contributed by atoms with E-state index >= 15 is 0 Å². The number of nitrogen functional groups attached to an aromatic ring is 1. The molecule has 3 N–H and O–H groups in total. The molecule has 0 spiro atoms. The molecule has 18 heavy (non-hydrogen) atoms. The lowest BCUT2D eigenvalue weighted by molar-refractivity contribution is -0.158. The molecule has 0 atom stereocenters. The maximum Gasteiger partial charge on any atom is 0.394 e. The van der Waals surface area contributed by atoms with E-state index in [1.165, 1.54) is 6.07 Å². The molecule has 0 bridgehead atoms. The van der Waals surface area contributed by atoms with Crippen molar-refractivity contribution in [2.75, 3.05) is 12.9 Å². The predicted octanol–water partition coefficient (Wildman–Crippen LogP) is 3.31. The zero-order valence-corrected chi connectivity index (χ0v) is 11.1. The molecule has 0 aliphatic heterocycles. The molecule has 1 aromatic rings. The summed E-state index contributed by atoms with van der Waals surface area (Å²) in [5.41, 5.74) is 5.19. The van der Waals surface area contributed by atoms with Crippen molar-refractivity contribution in [2.24, 2.45) is 0 Å². The molecule has 0 aliphatic carbocycles. The monoisotopic (exact) mass is 329 g/mol. The number of halogens is 4. The van der Waals surface area contributed by atoms with Crippen LogP contribution in [0.25, 0.3) is 0 Å². The van der Waals surface area contributed by atoms with Gasteiger partial charge in [0.2, 0.25) is 0 Å². The number of carbonyl (C=O) groups is 1. The molecule has 0 saturated carbocycles. The number of alkyl halides is 3. The summed E-state index contributed by atoms with van der Waals surface area (Å²) in [5, 5.41) is 8.72. The first kappa shape index (κ1) is 16.6. The van der Waals surface area contributed by atoms with Gasteiger partial charge in [0, 0.05) is 11.4 Å². The number of aromatic carboxylic acids is 1.